The van der Waals surface area contributed by atoms with E-state index >= 15 is 0 Å². The van der Waals surface area contributed by atoms with Crippen molar-refractivity contribution in [1.82, 2.24) is 0 Å². The Morgan fingerprint density at radius 1 is 1.04 bits per heavy atom. The fourth-order valence-electron chi connectivity index (χ4n) is 2.04. The van der Waals surface area contributed by atoms with Crippen LogP contribution in [0.25, 0.3) is 0 Å². The van der Waals surface area contributed by atoms with Crippen LogP contribution >= 0.6 is 0 Å². The second-order valence-corrected chi connectivity index (χ2v) is 5.38. The van der Waals surface area contributed by atoms with Gasteiger partial charge in [-0.3, -0.25) is 4.79 Å². The summed E-state index contributed by atoms with van der Waals surface area (Å²) >= 11 is 0. The monoisotopic (exact) mass is 305 g/mol. The molecule has 0 aliphatic heterocycles. The first-order chi connectivity index (χ1) is 11.0. The van der Waals surface area contributed by atoms with Gasteiger partial charge in [-0.15, -0.1) is 0 Å². The third kappa shape index (κ3) is 4.21. The summed E-state index contributed by atoms with van der Waals surface area (Å²) in [5.74, 6) is -0.432. The van der Waals surface area contributed by atoms with E-state index in [1.165, 1.54) is 11.8 Å². The maximum absolute atomic E-state index is 12.2. The molecular formula is C19H19N3O. The Morgan fingerprint density at radius 2 is 1.78 bits per heavy atom. The van der Waals surface area contributed by atoms with Gasteiger partial charge in [0.1, 0.15) is 11.6 Å². The van der Waals surface area contributed by atoms with Crippen molar-refractivity contribution in [1.29, 1.82) is 5.26 Å². The van der Waals surface area contributed by atoms with Gasteiger partial charge in [-0.25, -0.2) is 0 Å². The molecule has 0 saturated heterocycles. The van der Waals surface area contributed by atoms with Crippen LogP contribution in [0.15, 0.2) is 54.2 Å². The van der Waals surface area contributed by atoms with Gasteiger partial charge in [0.2, 0.25) is 0 Å². The summed E-state index contributed by atoms with van der Waals surface area (Å²) in [5.41, 5.74) is 4.84. The molecule has 0 atom stereocenters. The average Bonchev–Trinajstić information content (AvgIpc) is 2.53. The summed E-state index contributed by atoms with van der Waals surface area (Å²) < 4.78 is 0. The Balaban J connectivity index is 2.12. The normalized spacial score (nSPS) is 10.8. The molecule has 116 valence electrons. The van der Waals surface area contributed by atoms with Crippen molar-refractivity contribution in [2.75, 3.05) is 10.6 Å². The van der Waals surface area contributed by atoms with Crippen LogP contribution in [-0.2, 0) is 4.79 Å². The van der Waals surface area contributed by atoms with Gasteiger partial charge >= 0.3 is 0 Å². The number of carbonyl (C=O) groups is 1. The van der Waals surface area contributed by atoms with Crippen molar-refractivity contribution in [2.24, 2.45) is 0 Å². The fourth-order valence-corrected chi connectivity index (χ4v) is 2.04. The van der Waals surface area contributed by atoms with Gasteiger partial charge in [-0.2, -0.15) is 5.26 Å². The summed E-state index contributed by atoms with van der Waals surface area (Å²) in [6.45, 7) is 5.95. The minimum absolute atomic E-state index is 0.0199. The molecule has 23 heavy (non-hydrogen) atoms. The highest BCUT2D eigenvalue weighted by atomic mass is 16.1. The third-order valence-corrected chi connectivity index (χ3v) is 3.65. The van der Waals surface area contributed by atoms with E-state index in [-0.39, 0.29) is 5.57 Å². The number of hydrogen-bond acceptors (Lipinski definition) is 3. The molecule has 0 bridgehead atoms. The van der Waals surface area contributed by atoms with E-state index in [1.54, 1.807) is 6.07 Å². The van der Waals surface area contributed by atoms with Crippen LogP contribution in [-0.4, -0.2) is 5.91 Å². The molecular weight excluding hydrogens is 286 g/mol. The minimum Gasteiger partial charge on any atom is -0.360 e. The number of anilines is 2. The Hall–Kier alpha value is -3.06. The quantitative estimate of drug-likeness (QED) is 0.661. The first-order valence-corrected chi connectivity index (χ1v) is 7.32. The molecule has 2 aromatic carbocycles. The second-order valence-electron chi connectivity index (χ2n) is 5.38. The second kappa shape index (κ2) is 7.28. The zero-order valence-corrected chi connectivity index (χ0v) is 13.5. The van der Waals surface area contributed by atoms with E-state index in [1.807, 2.05) is 63.2 Å². The van der Waals surface area contributed by atoms with Crippen molar-refractivity contribution < 1.29 is 4.79 Å². The topological polar surface area (TPSA) is 64.9 Å². The SMILES string of the molecule is Cc1ccc(N/C=C(/C#N)C(=O)Nc2ccccc2C)cc1C. The summed E-state index contributed by atoms with van der Waals surface area (Å²) in [7, 11) is 0. The van der Waals surface area contributed by atoms with Crippen LogP contribution in [0.2, 0.25) is 0 Å². The predicted molar refractivity (Wildman–Crippen MR) is 93.0 cm³/mol. The van der Waals surface area contributed by atoms with Gasteiger partial charge in [-0.05, 0) is 55.7 Å². The zero-order valence-electron chi connectivity index (χ0n) is 13.5. The molecule has 0 unspecified atom stereocenters. The van der Waals surface area contributed by atoms with E-state index < -0.39 is 5.91 Å². The molecule has 2 N–H and O–H groups in total. The molecule has 0 fully saturated rings. The Bertz CT molecular complexity index is 801. The Morgan fingerprint density at radius 3 is 2.43 bits per heavy atom. The fraction of sp³-hybridized carbons (Fsp3) is 0.158. The van der Waals surface area contributed by atoms with Crippen LogP contribution in [0, 0.1) is 32.1 Å². The lowest BCUT2D eigenvalue weighted by Crippen LogP contribution is -2.15. The number of hydrogen-bond donors (Lipinski definition) is 2. The van der Waals surface area contributed by atoms with Crippen molar-refractivity contribution in [3.05, 3.63) is 70.9 Å². The summed E-state index contributed by atoms with van der Waals surface area (Å²) in [6, 6.07) is 15.2. The maximum atomic E-state index is 12.2. The molecule has 2 rings (SSSR count). The molecule has 0 aromatic heterocycles. The molecule has 0 radical (unpaired) electrons. The van der Waals surface area contributed by atoms with Crippen LogP contribution in [0.5, 0.6) is 0 Å². The van der Waals surface area contributed by atoms with Crippen LogP contribution in [0.4, 0.5) is 11.4 Å². The molecule has 0 saturated carbocycles. The molecule has 4 nitrogen and oxygen atoms in total. The van der Waals surface area contributed by atoms with Gasteiger partial charge in [-0.1, -0.05) is 24.3 Å². The van der Waals surface area contributed by atoms with Crippen LogP contribution in [0.1, 0.15) is 16.7 Å². The van der Waals surface area contributed by atoms with E-state index in [0.717, 1.165) is 16.8 Å². The van der Waals surface area contributed by atoms with Crippen molar-refractivity contribution in [3.63, 3.8) is 0 Å². The summed E-state index contributed by atoms with van der Waals surface area (Å²) in [4.78, 5) is 12.2. The number of nitriles is 1. The lowest BCUT2D eigenvalue weighted by molar-refractivity contribution is -0.112. The van der Waals surface area contributed by atoms with Crippen molar-refractivity contribution >= 4 is 17.3 Å². The molecule has 0 heterocycles. The minimum atomic E-state index is -0.432. The molecule has 1 amide bonds. The summed E-state index contributed by atoms with van der Waals surface area (Å²) in [6.07, 6.45) is 1.43. The van der Waals surface area contributed by atoms with Gasteiger partial charge in [0.15, 0.2) is 0 Å². The van der Waals surface area contributed by atoms with Crippen molar-refractivity contribution in [3.8, 4) is 6.07 Å². The maximum Gasteiger partial charge on any atom is 0.267 e. The van der Waals surface area contributed by atoms with Gasteiger partial charge < -0.3 is 10.6 Å². The number of aryl methyl sites for hydroxylation is 3. The van der Waals surface area contributed by atoms with Gasteiger partial charge in [0, 0.05) is 17.6 Å². The number of para-hydroxylation sites is 1. The number of amides is 1. The number of carbonyl (C=O) groups excluding carboxylic acids is 1. The van der Waals surface area contributed by atoms with Crippen molar-refractivity contribution in [2.45, 2.75) is 20.8 Å². The highest BCUT2D eigenvalue weighted by molar-refractivity contribution is 6.07. The Kier molecular flexibility index (Phi) is 5.16. The van der Waals surface area contributed by atoms with E-state index in [2.05, 4.69) is 10.6 Å². The number of benzene rings is 2. The lowest BCUT2D eigenvalue weighted by atomic mass is 10.1. The molecule has 0 spiro atoms. The first-order valence-electron chi connectivity index (χ1n) is 7.32. The first kappa shape index (κ1) is 16.3. The number of rotatable bonds is 4. The smallest absolute Gasteiger partial charge is 0.267 e. The third-order valence-electron chi connectivity index (χ3n) is 3.65. The van der Waals surface area contributed by atoms with Gasteiger partial charge in [0.05, 0.1) is 0 Å². The zero-order chi connectivity index (χ0) is 16.8. The van der Waals surface area contributed by atoms with E-state index in [0.29, 0.717) is 5.69 Å². The Labute approximate surface area is 136 Å². The summed E-state index contributed by atoms with van der Waals surface area (Å²) in [5, 5.41) is 14.9. The van der Waals surface area contributed by atoms with Crippen LogP contribution < -0.4 is 10.6 Å². The largest absolute Gasteiger partial charge is 0.360 e. The van der Waals surface area contributed by atoms with Gasteiger partial charge in [0.25, 0.3) is 5.91 Å². The lowest BCUT2D eigenvalue weighted by Gasteiger charge is -2.08. The number of nitrogens with zero attached hydrogens (tertiary/aromatic N) is 1. The molecule has 2 aromatic rings. The molecule has 0 aliphatic carbocycles. The molecule has 0 aliphatic rings. The van der Waals surface area contributed by atoms with E-state index in [4.69, 9.17) is 0 Å². The average molecular weight is 305 g/mol. The molecule has 4 heteroatoms. The predicted octanol–water partition coefficient (Wildman–Crippen LogP) is 4.07. The highest BCUT2D eigenvalue weighted by Crippen LogP contribution is 2.16. The van der Waals surface area contributed by atoms with E-state index in [9.17, 15) is 10.1 Å². The highest BCUT2D eigenvalue weighted by Gasteiger charge is 2.10. The standard InChI is InChI=1S/C19H19N3O/c1-13-8-9-17(10-15(13)3)21-12-16(11-20)19(23)22-18-7-5-4-6-14(18)2/h4-10,12,21H,1-3H3,(H,22,23)/b16-12-. The number of nitrogens with one attached hydrogen (secondary N) is 2. The van der Waals surface area contributed by atoms with Crippen LogP contribution in [0.3, 0.4) is 0 Å².